The van der Waals surface area contributed by atoms with Crippen molar-refractivity contribution in [1.82, 2.24) is 20.1 Å². The zero-order valence-corrected chi connectivity index (χ0v) is 12.9. The number of amides is 3. The fraction of sp³-hybridized carbons (Fsp3) is 0.500. The molecule has 23 heavy (non-hydrogen) atoms. The van der Waals surface area contributed by atoms with Crippen molar-refractivity contribution in [2.45, 2.75) is 19.4 Å². The van der Waals surface area contributed by atoms with Crippen molar-refractivity contribution < 1.29 is 14.4 Å². The molecular weight excluding hydrogens is 296 g/mol. The van der Waals surface area contributed by atoms with Crippen LogP contribution < -0.4 is 5.32 Å². The zero-order chi connectivity index (χ0) is 16.3. The summed E-state index contributed by atoms with van der Waals surface area (Å²) in [6, 6.07) is 3.69. The minimum atomic E-state index is -0.897. The number of hydrogen-bond donors (Lipinski definition) is 1. The molecule has 1 aromatic rings. The van der Waals surface area contributed by atoms with Crippen LogP contribution in [0, 0.1) is 5.41 Å². The first kappa shape index (κ1) is 15.5. The molecule has 0 aromatic carbocycles. The van der Waals surface area contributed by atoms with Gasteiger partial charge in [-0.2, -0.15) is 0 Å². The van der Waals surface area contributed by atoms with Crippen LogP contribution in [0.2, 0.25) is 0 Å². The van der Waals surface area contributed by atoms with E-state index in [0.717, 1.165) is 12.0 Å². The van der Waals surface area contributed by atoms with Crippen LogP contribution in [0.15, 0.2) is 24.5 Å². The lowest BCUT2D eigenvalue weighted by atomic mass is 10.0. The van der Waals surface area contributed by atoms with Gasteiger partial charge in [-0.25, -0.2) is 0 Å². The molecule has 122 valence electrons. The van der Waals surface area contributed by atoms with Gasteiger partial charge in [-0.05, 0) is 24.5 Å². The Morgan fingerprint density at radius 2 is 2.00 bits per heavy atom. The summed E-state index contributed by atoms with van der Waals surface area (Å²) in [6.07, 6.45) is 5.36. The third kappa shape index (κ3) is 3.18. The Kier molecular flexibility index (Phi) is 4.27. The molecule has 7 heteroatoms. The first-order chi connectivity index (χ1) is 11.2. The SMILES string of the molecule is O=CN1CCN(C(=O)C2(C(=O)NCc3cccnc3)CC2)CC1. The Hall–Kier alpha value is -2.44. The molecule has 1 N–H and O–H groups in total. The van der Waals surface area contributed by atoms with Crippen LogP contribution in [0.3, 0.4) is 0 Å². The van der Waals surface area contributed by atoms with Gasteiger partial charge in [0.15, 0.2) is 0 Å². The van der Waals surface area contributed by atoms with E-state index in [9.17, 15) is 14.4 Å². The fourth-order valence-corrected chi connectivity index (χ4v) is 2.85. The summed E-state index contributed by atoms with van der Waals surface area (Å²) in [5, 5.41) is 2.85. The van der Waals surface area contributed by atoms with Gasteiger partial charge < -0.3 is 15.1 Å². The second-order valence-electron chi connectivity index (χ2n) is 6.06. The molecule has 2 heterocycles. The summed E-state index contributed by atoms with van der Waals surface area (Å²) in [5.74, 6) is -0.309. The molecule has 1 saturated heterocycles. The van der Waals surface area contributed by atoms with Crippen LogP contribution in [-0.4, -0.2) is 59.2 Å². The molecule has 1 saturated carbocycles. The van der Waals surface area contributed by atoms with Gasteiger partial charge in [0.1, 0.15) is 5.41 Å². The number of carbonyl (C=O) groups is 3. The Balaban J connectivity index is 1.57. The monoisotopic (exact) mass is 316 g/mol. The quantitative estimate of drug-likeness (QED) is 0.601. The van der Waals surface area contributed by atoms with Gasteiger partial charge in [0.2, 0.25) is 18.2 Å². The fourth-order valence-electron chi connectivity index (χ4n) is 2.85. The van der Waals surface area contributed by atoms with E-state index in [4.69, 9.17) is 0 Å². The molecule has 1 aromatic heterocycles. The van der Waals surface area contributed by atoms with Crippen molar-refractivity contribution in [1.29, 1.82) is 0 Å². The first-order valence-electron chi connectivity index (χ1n) is 7.82. The van der Waals surface area contributed by atoms with Crippen LogP contribution >= 0.6 is 0 Å². The highest BCUT2D eigenvalue weighted by Crippen LogP contribution is 2.47. The summed E-state index contributed by atoms with van der Waals surface area (Å²) in [5.41, 5.74) is 0.00894. The number of carbonyl (C=O) groups excluding carboxylic acids is 3. The Morgan fingerprint density at radius 3 is 2.57 bits per heavy atom. The molecular formula is C16H20N4O3. The molecule has 3 amide bonds. The molecule has 0 unspecified atom stereocenters. The lowest BCUT2D eigenvalue weighted by molar-refractivity contribution is -0.146. The summed E-state index contributed by atoms with van der Waals surface area (Å²) < 4.78 is 0. The van der Waals surface area contributed by atoms with Crippen LogP contribution in [0.5, 0.6) is 0 Å². The Bertz CT molecular complexity index is 593. The molecule has 0 spiro atoms. The number of pyridine rings is 1. The summed E-state index contributed by atoms with van der Waals surface area (Å²) >= 11 is 0. The number of nitrogens with zero attached hydrogens (tertiary/aromatic N) is 3. The molecule has 1 aliphatic heterocycles. The van der Waals surface area contributed by atoms with E-state index in [0.29, 0.717) is 45.6 Å². The van der Waals surface area contributed by atoms with Gasteiger partial charge in [0.05, 0.1) is 0 Å². The number of nitrogens with one attached hydrogen (secondary N) is 1. The minimum absolute atomic E-state index is 0.105. The molecule has 7 nitrogen and oxygen atoms in total. The van der Waals surface area contributed by atoms with E-state index in [2.05, 4.69) is 10.3 Å². The van der Waals surface area contributed by atoms with Crippen molar-refractivity contribution in [3.63, 3.8) is 0 Å². The lowest BCUT2D eigenvalue weighted by Gasteiger charge is -2.34. The predicted molar refractivity (Wildman–Crippen MR) is 82.0 cm³/mol. The smallest absolute Gasteiger partial charge is 0.238 e. The second-order valence-corrected chi connectivity index (χ2v) is 6.06. The van der Waals surface area contributed by atoms with Crippen molar-refractivity contribution in [3.8, 4) is 0 Å². The van der Waals surface area contributed by atoms with Crippen molar-refractivity contribution in [2.75, 3.05) is 26.2 Å². The maximum absolute atomic E-state index is 12.7. The lowest BCUT2D eigenvalue weighted by Crippen LogP contribution is -2.52. The number of rotatable bonds is 5. The van der Waals surface area contributed by atoms with E-state index >= 15 is 0 Å². The third-order valence-corrected chi connectivity index (χ3v) is 4.52. The maximum Gasteiger partial charge on any atom is 0.238 e. The van der Waals surface area contributed by atoms with Gasteiger partial charge in [0.25, 0.3) is 0 Å². The highest BCUT2D eigenvalue weighted by Gasteiger charge is 2.58. The van der Waals surface area contributed by atoms with Gasteiger partial charge in [-0.15, -0.1) is 0 Å². The van der Waals surface area contributed by atoms with E-state index in [1.807, 2.05) is 12.1 Å². The first-order valence-corrected chi connectivity index (χ1v) is 7.82. The number of piperazine rings is 1. The summed E-state index contributed by atoms with van der Waals surface area (Å²) in [6.45, 7) is 2.43. The topological polar surface area (TPSA) is 82.6 Å². The van der Waals surface area contributed by atoms with Crippen molar-refractivity contribution in [2.24, 2.45) is 5.41 Å². The standard InChI is InChI=1S/C16H20N4O3/c21-12-19-6-8-20(9-7-19)15(23)16(3-4-16)14(22)18-11-13-2-1-5-17-10-13/h1-2,5,10,12H,3-4,6-9,11H2,(H,18,22). The Morgan fingerprint density at radius 1 is 1.26 bits per heavy atom. The second kappa shape index (κ2) is 6.36. The molecule has 1 aliphatic carbocycles. The molecule has 2 aliphatic rings. The van der Waals surface area contributed by atoms with Gasteiger partial charge in [-0.3, -0.25) is 19.4 Å². The van der Waals surface area contributed by atoms with E-state index in [-0.39, 0.29) is 11.8 Å². The van der Waals surface area contributed by atoms with Crippen molar-refractivity contribution in [3.05, 3.63) is 30.1 Å². The van der Waals surface area contributed by atoms with Crippen LogP contribution in [0.4, 0.5) is 0 Å². The molecule has 2 fully saturated rings. The van der Waals surface area contributed by atoms with E-state index in [1.54, 1.807) is 22.2 Å². The minimum Gasteiger partial charge on any atom is -0.351 e. The van der Waals surface area contributed by atoms with Gasteiger partial charge in [0, 0.05) is 45.1 Å². The van der Waals surface area contributed by atoms with Crippen LogP contribution in [0.1, 0.15) is 18.4 Å². The summed E-state index contributed by atoms with van der Waals surface area (Å²) in [4.78, 5) is 43.2. The average molecular weight is 316 g/mol. The molecule has 0 atom stereocenters. The number of hydrogen-bond acceptors (Lipinski definition) is 4. The molecule has 3 rings (SSSR count). The highest BCUT2D eigenvalue weighted by molar-refractivity contribution is 6.07. The van der Waals surface area contributed by atoms with Gasteiger partial charge in [-0.1, -0.05) is 6.07 Å². The highest BCUT2D eigenvalue weighted by atomic mass is 16.2. The van der Waals surface area contributed by atoms with E-state index in [1.165, 1.54) is 0 Å². The average Bonchev–Trinajstić information content (AvgIpc) is 3.42. The van der Waals surface area contributed by atoms with E-state index < -0.39 is 5.41 Å². The van der Waals surface area contributed by atoms with Crippen LogP contribution in [0.25, 0.3) is 0 Å². The van der Waals surface area contributed by atoms with Crippen LogP contribution in [-0.2, 0) is 20.9 Å². The predicted octanol–water partition coefficient (Wildman–Crippen LogP) is -0.221. The van der Waals surface area contributed by atoms with Crippen molar-refractivity contribution >= 4 is 18.2 Å². The molecule has 0 radical (unpaired) electrons. The maximum atomic E-state index is 12.7. The number of aromatic nitrogens is 1. The summed E-state index contributed by atoms with van der Waals surface area (Å²) in [7, 11) is 0. The van der Waals surface area contributed by atoms with Gasteiger partial charge >= 0.3 is 0 Å². The third-order valence-electron chi connectivity index (χ3n) is 4.52. The zero-order valence-electron chi connectivity index (χ0n) is 12.9. The molecule has 0 bridgehead atoms. The normalized spacial score (nSPS) is 19.1. The largest absolute Gasteiger partial charge is 0.351 e. The Labute approximate surface area is 134 Å².